The minimum Gasteiger partial charge on any atom is -0.308 e. The third kappa shape index (κ3) is 4.07. The molecule has 1 unspecified atom stereocenters. The zero-order chi connectivity index (χ0) is 9.68. The first-order valence-corrected chi connectivity index (χ1v) is 5.33. The van der Waals surface area contributed by atoms with Crippen LogP contribution in [0.25, 0.3) is 0 Å². The standard InChI is InChI=1S/C10H23N3/c1-13(2)8-10(12-11)7-9-5-3-4-6-9/h9-10,12H,3-8,11H2,1-2H3. The second-order valence-corrected chi connectivity index (χ2v) is 4.51. The van der Waals surface area contributed by atoms with Crippen molar-refractivity contribution in [2.24, 2.45) is 11.8 Å². The molecule has 1 fully saturated rings. The first-order chi connectivity index (χ1) is 6.22. The smallest absolute Gasteiger partial charge is 0.0340 e. The van der Waals surface area contributed by atoms with Crippen molar-refractivity contribution in [3.8, 4) is 0 Å². The summed E-state index contributed by atoms with van der Waals surface area (Å²) in [5.74, 6) is 6.44. The molecule has 0 spiro atoms. The van der Waals surface area contributed by atoms with E-state index < -0.39 is 0 Å². The summed E-state index contributed by atoms with van der Waals surface area (Å²) >= 11 is 0. The topological polar surface area (TPSA) is 41.3 Å². The number of rotatable bonds is 5. The van der Waals surface area contributed by atoms with Crippen LogP contribution >= 0.6 is 0 Å². The van der Waals surface area contributed by atoms with Crippen molar-refractivity contribution in [3.63, 3.8) is 0 Å². The number of nitrogens with two attached hydrogens (primary N) is 1. The Kier molecular flexibility index (Phi) is 4.70. The number of nitrogens with zero attached hydrogens (tertiary/aromatic N) is 1. The highest BCUT2D eigenvalue weighted by atomic mass is 15.3. The maximum atomic E-state index is 5.52. The van der Waals surface area contributed by atoms with E-state index in [2.05, 4.69) is 24.4 Å². The fraction of sp³-hybridized carbons (Fsp3) is 1.00. The van der Waals surface area contributed by atoms with Crippen LogP contribution in [0.5, 0.6) is 0 Å². The third-order valence-corrected chi connectivity index (χ3v) is 2.91. The molecule has 78 valence electrons. The molecule has 0 aromatic rings. The van der Waals surface area contributed by atoms with Crippen molar-refractivity contribution in [3.05, 3.63) is 0 Å². The lowest BCUT2D eigenvalue weighted by atomic mass is 9.98. The van der Waals surface area contributed by atoms with Gasteiger partial charge in [-0.05, 0) is 26.4 Å². The lowest BCUT2D eigenvalue weighted by Gasteiger charge is -2.22. The SMILES string of the molecule is CN(C)CC(CC1CCCC1)NN. The molecule has 3 N–H and O–H groups in total. The fourth-order valence-electron chi connectivity index (χ4n) is 2.28. The highest BCUT2D eigenvalue weighted by Crippen LogP contribution is 2.28. The van der Waals surface area contributed by atoms with Gasteiger partial charge in [0, 0.05) is 12.6 Å². The summed E-state index contributed by atoms with van der Waals surface area (Å²) in [5.41, 5.74) is 2.92. The van der Waals surface area contributed by atoms with Gasteiger partial charge in [0.2, 0.25) is 0 Å². The van der Waals surface area contributed by atoms with Crippen molar-refractivity contribution < 1.29 is 0 Å². The molecular weight excluding hydrogens is 162 g/mol. The number of nitrogens with one attached hydrogen (secondary N) is 1. The lowest BCUT2D eigenvalue weighted by Crippen LogP contribution is -2.43. The van der Waals surface area contributed by atoms with Gasteiger partial charge in [-0.15, -0.1) is 0 Å². The molecule has 0 heterocycles. The van der Waals surface area contributed by atoms with Crippen LogP contribution in [0.3, 0.4) is 0 Å². The van der Waals surface area contributed by atoms with E-state index in [9.17, 15) is 0 Å². The summed E-state index contributed by atoms with van der Waals surface area (Å²) in [6, 6.07) is 0.470. The van der Waals surface area contributed by atoms with Crippen LogP contribution in [0.1, 0.15) is 32.1 Å². The largest absolute Gasteiger partial charge is 0.308 e. The monoisotopic (exact) mass is 185 g/mol. The summed E-state index contributed by atoms with van der Waals surface area (Å²) in [6.07, 6.45) is 6.90. The molecule has 1 saturated carbocycles. The molecule has 0 amide bonds. The van der Waals surface area contributed by atoms with Crippen molar-refractivity contribution >= 4 is 0 Å². The van der Waals surface area contributed by atoms with Gasteiger partial charge in [0.1, 0.15) is 0 Å². The van der Waals surface area contributed by atoms with Gasteiger partial charge >= 0.3 is 0 Å². The quantitative estimate of drug-likeness (QED) is 0.495. The van der Waals surface area contributed by atoms with E-state index in [0.717, 1.165) is 12.5 Å². The maximum absolute atomic E-state index is 5.52. The average Bonchev–Trinajstić information content (AvgIpc) is 2.55. The Balaban J connectivity index is 2.21. The van der Waals surface area contributed by atoms with E-state index in [1.54, 1.807) is 0 Å². The summed E-state index contributed by atoms with van der Waals surface area (Å²) in [7, 11) is 4.19. The Morgan fingerprint density at radius 1 is 1.38 bits per heavy atom. The second-order valence-electron chi connectivity index (χ2n) is 4.51. The fourth-order valence-corrected chi connectivity index (χ4v) is 2.28. The Labute approximate surface area is 81.6 Å². The van der Waals surface area contributed by atoms with Gasteiger partial charge in [-0.3, -0.25) is 11.3 Å². The third-order valence-electron chi connectivity index (χ3n) is 2.91. The predicted molar refractivity (Wildman–Crippen MR) is 56.2 cm³/mol. The van der Waals surface area contributed by atoms with E-state index >= 15 is 0 Å². The molecule has 0 aromatic heterocycles. The zero-order valence-corrected chi connectivity index (χ0v) is 8.92. The van der Waals surface area contributed by atoms with Gasteiger partial charge in [-0.2, -0.15) is 0 Å². The Morgan fingerprint density at radius 3 is 2.46 bits per heavy atom. The average molecular weight is 185 g/mol. The molecule has 3 heteroatoms. The molecule has 1 atom stereocenters. The highest BCUT2D eigenvalue weighted by molar-refractivity contribution is 4.75. The van der Waals surface area contributed by atoms with Crippen molar-refractivity contribution in [2.45, 2.75) is 38.1 Å². The minimum absolute atomic E-state index is 0.470. The minimum atomic E-state index is 0.470. The van der Waals surface area contributed by atoms with Crippen LogP contribution in [-0.4, -0.2) is 31.6 Å². The first-order valence-electron chi connectivity index (χ1n) is 5.33. The molecular formula is C10H23N3. The molecule has 0 aliphatic heterocycles. The van der Waals surface area contributed by atoms with Gasteiger partial charge in [0.15, 0.2) is 0 Å². The van der Waals surface area contributed by atoms with E-state index in [0.29, 0.717) is 6.04 Å². The van der Waals surface area contributed by atoms with E-state index in [4.69, 9.17) is 5.84 Å². The molecule has 0 saturated heterocycles. The summed E-state index contributed by atoms with van der Waals surface area (Å²) in [5, 5.41) is 0. The molecule has 0 radical (unpaired) electrons. The first kappa shape index (κ1) is 11.0. The number of hydrogen-bond donors (Lipinski definition) is 2. The van der Waals surface area contributed by atoms with Gasteiger partial charge in [0.25, 0.3) is 0 Å². The Hall–Kier alpha value is -0.120. The molecule has 1 aliphatic carbocycles. The summed E-state index contributed by atoms with van der Waals surface area (Å²) < 4.78 is 0. The van der Waals surface area contributed by atoms with Crippen LogP contribution in [-0.2, 0) is 0 Å². The van der Waals surface area contributed by atoms with E-state index in [1.807, 2.05) is 0 Å². The van der Waals surface area contributed by atoms with E-state index in [-0.39, 0.29) is 0 Å². The van der Waals surface area contributed by atoms with Crippen LogP contribution in [0, 0.1) is 5.92 Å². The van der Waals surface area contributed by atoms with E-state index in [1.165, 1.54) is 32.1 Å². The Morgan fingerprint density at radius 2 is 2.00 bits per heavy atom. The second kappa shape index (κ2) is 5.58. The maximum Gasteiger partial charge on any atom is 0.0340 e. The van der Waals surface area contributed by atoms with Gasteiger partial charge in [-0.25, -0.2) is 0 Å². The van der Waals surface area contributed by atoms with Crippen molar-refractivity contribution in [1.82, 2.24) is 10.3 Å². The van der Waals surface area contributed by atoms with Crippen LogP contribution in [0.15, 0.2) is 0 Å². The van der Waals surface area contributed by atoms with Crippen molar-refractivity contribution in [1.29, 1.82) is 0 Å². The molecule has 1 rings (SSSR count). The molecule has 0 aromatic carbocycles. The summed E-state index contributed by atoms with van der Waals surface area (Å²) in [4.78, 5) is 2.19. The normalized spacial score (nSPS) is 21.2. The molecule has 1 aliphatic rings. The van der Waals surface area contributed by atoms with Gasteiger partial charge in [0.05, 0.1) is 0 Å². The van der Waals surface area contributed by atoms with Crippen LogP contribution in [0.4, 0.5) is 0 Å². The number of hydrazine groups is 1. The van der Waals surface area contributed by atoms with Gasteiger partial charge in [-0.1, -0.05) is 25.7 Å². The molecule has 13 heavy (non-hydrogen) atoms. The van der Waals surface area contributed by atoms with Crippen LogP contribution < -0.4 is 11.3 Å². The number of likely N-dealkylation sites (N-methyl/N-ethyl adjacent to an activating group) is 1. The predicted octanol–water partition coefficient (Wildman–Crippen LogP) is 0.960. The Bertz CT molecular complexity index is 130. The zero-order valence-electron chi connectivity index (χ0n) is 8.92. The summed E-state index contributed by atoms with van der Waals surface area (Å²) in [6.45, 7) is 1.05. The number of hydrogen-bond acceptors (Lipinski definition) is 3. The van der Waals surface area contributed by atoms with Crippen molar-refractivity contribution in [2.75, 3.05) is 20.6 Å². The molecule has 0 bridgehead atoms. The molecule has 3 nitrogen and oxygen atoms in total. The van der Waals surface area contributed by atoms with Crippen LogP contribution in [0.2, 0.25) is 0 Å². The lowest BCUT2D eigenvalue weighted by molar-refractivity contribution is 0.298. The highest BCUT2D eigenvalue weighted by Gasteiger charge is 2.19. The van der Waals surface area contributed by atoms with Gasteiger partial charge < -0.3 is 4.90 Å².